The number of fused-ring (bicyclic) bond motifs is 9. The maximum Gasteiger partial charge on any atom is 0.137 e. The van der Waals surface area contributed by atoms with Gasteiger partial charge >= 0.3 is 0 Å². The smallest absolute Gasteiger partial charge is 0.137 e. The Balaban J connectivity index is 1.09. The van der Waals surface area contributed by atoms with Crippen LogP contribution in [-0.2, 0) is 5.41 Å². The minimum Gasteiger partial charge on any atom is -0.456 e. The van der Waals surface area contributed by atoms with Crippen molar-refractivity contribution in [1.29, 1.82) is 0 Å². The molecule has 5 aliphatic carbocycles. The number of anilines is 3. The van der Waals surface area contributed by atoms with Gasteiger partial charge in [-0.2, -0.15) is 0 Å². The van der Waals surface area contributed by atoms with Crippen molar-refractivity contribution in [2.45, 2.75) is 37.5 Å². The van der Waals surface area contributed by atoms with E-state index < -0.39 is 0 Å². The van der Waals surface area contributed by atoms with Crippen molar-refractivity contribution >= 4 is 70.5 Å². The summed E-state index contributed by atoms with van der Waals surface area (Å²) in [4.78, 5) is 2.46. The second-order valence-corrected chi connectivity index (χ2v) is 16.4. The van der Waals surface area contributed by atoms with Crippen LogP contribution in [0.2, 0.25) is 0 Å². The van der Waals surface area contributed by atoms with Crippen molar-refractivity contribution in [2.24, 2.45) is 23.7 Å². The van der Waals surface area contributed by atoms with Gasteiger partial charge in [0.25, 0.3) is 0 Å². The highest BCUT2D eigenvalue weighted by atomic mass is 32.1. The molecule has 4 bridgehead atoms. The van der Waals surface area contributed by atoms with Gasteiger partial charge in [0.05, 0.1) is 0 Å². The van der Waals surface area contributed by atoms with E-state index >= 15 is 0 Å². The van der Waals surface area contributed by atoms with E-state index in [2.05, 4.69) is 132 Å². The van der Waals surface area contributed by atoms with Gasteiger partial charge in [-0.25, -0.2) is 0 Å². The number of thiophene rings is 1. The van der Waals surface area contributed by atoms with Crippen LogP contribution in [0.5, 0.6) is 0 Å². The predicted molar refractivity (Wildman–Crippen MR) is 205 cm³/mol. The summed E-state index contributed by atoms with van der Waals surface area (Å²) in [6.07, 6.45) is 7.09. The Hall–Kier alpha value is -4.86. The summed E-state index contributed by atoms with van der Waals surface area (Å²) in [7, 11) is 0. The fraction of sp³-hybridized carbons (Fsp3) is 0.217. The van der Waals surface area contributed by atoms with E-state index in [1.54, 1.807) is 11.1 Å². The molecule has 0 radical (unpaired) electrons. The first kappa shape index (κ1) is 27.0. The highest BCUT2D eigenvalue weighted by Gasteiger charge is 2.61. The molecule has 0 unspecified atom stereocenters. The number of benzene rings is 6. The average Bonchev–Trinajstić information content (AvgIpc) is 3.78. The number of hydrogen-bond donors (Lipinski definition) is 0. The van der Waals surface area contributed by atoms with Gasteiger partial charge in [-0.1, -0.05) is 66.7 Å². The molecule has 1 spiro atoms. The third-order valence-electron chi connectivity index (χ3n) is 13.0. The van der Waals surface area contributed by atoms with Gasteiger partial charge < -0.3 is 9.32 Å². The van der Waals surface area contributed by atoms with E-state index in [1.807, 2.05) is 11.3 Å². The minimum atomic E-state index is 0.171. The van der Waals surface area contributed by atoms with Gasteiger partial charge in [0, 0.05) is 59.5 Å². The Labute approximate surface area is 289 Å². The van der Waals surface area contributed by atoms with Crippen molar-refractivity contribution in [3.8, 4) is 11.1 Å². The van der Waals surface area contributed by atoms with Crippen LogP contribution in [0.1, 0.15) is 43.2 Å². The molecular weight excluding hydrogens is 615 g/mol. The topological polar surface area (TPSA) is 16.4 Å². The Morgan fingerprint density at radius 3 is 2.00 bits per heavy atom. The highest BCUT2D eigenvalue weighted by Crippen LogP contribution is 2.69. The molecule has 2 aromatic heterocycles. The lowest BCUT2D eigenvalue weighted by atomic mass is 9.43. The zero-order valence-electron chi connectivity index (χ0n) is 27.2. The highest BCUT2D eigenvalue weighted by molar-refractivity contribution is 7.25. The fourth-order valence-electron chi connectivity index (χ4n) is 11.4. The second-order valence-electron chi connectivity index (χ2n) is 15.3. The summed E-state index contributed by atoms with van der Waals surface area (Å²) >= 11 is 1.88. The quantitative estimate of drug-likeness (QED) is 0.189. The molecule has 3 heteroatoms. The lowest BCUT2D eigenvalue weighted by Gasteiger charge is -2.61. The van der Waals surface area contributed by atoms with E-state index in [1.165, 1.54) is 74.8 Å². The summed E-state index contributed by atoms with van der Waals surface area (Å²) < 4.78 is 9.11. The second kappa shape index (κ2) is 9.64. The van der Waals surface area contributed by atoms with Crippen molar-refractivity contribution < 1.29 is 4.42 Å². The Bertz CT molecular complexity index is 2630. The maximum absolute atomic E-state index is 6.46. The van der Waals surface area contributed by atoms with Gasteiger partial charge in [-0.05, 0) is 133 Å². The fourth-order valence-corrected chi connectivity index (χ4v) is 12.5. The molecule has 236 valence electrons. The first-order valence-electron chi connectivity index (χ1n) is 18.1. The maximum atomic E-state index is 6.46. The van der Waals surface area contributed by atoms with E-state index in [9.17, 15) is 0 Å². The molecule has 49 heavy (non-hydrogen) atoms. The molecule has 0 atom stereocenters. The number of rotatable bonds is 3. The third-order valence-corrected chi connectivity index (χ3v) is 14.2. The summed E-state index contributed by atoms with van der Waals surface area (Å²) in [6.45, 7) is 0. The van der Waals surface area contributed by atoms with Crippen molar-refractivity contribution in [1.82, 2.24) is 0 Å². The number of nitrogens with zero attached hydrogens (tertiary/aromatic N) is 1. The van der Waals surface area contributed by atoms with Crippen LogP contribution < -0.4 is 4.90 Å². The molecule has 8 aromatic rings. The first-order valence-corrected chi connectivity index (χ1v) is 18.9. The van der Waals surface area contributed by atoms with Gasteiger partial charge in [0.15, 0.2) is 0 Å². The molecule has 0 saturated heterocycles. The van der Waals surface area contributed by atoms with Crippen LogP contribution in [0.4, 0.5) is 17.1 Å². The van der Waals surface area contributed by atoms with Crippen LogP contribution in [-0.4, -0.2) is 0 Å². The van der Waals surface area contributed by atoms with Gasteiger partial charge in [0.1, 0.15) is 11.2 Å². The summed E-state index contributed by atoms with van der Waals surface area (Å²) in [6, 6.07) is 47.9. The van der Waals surface area contributed by atoms with E-state index in [4.69, 9.17) is 4.42 Å². The van der Waals surface area contributed by atoms with Gasteiger partial charge in [-0.3, -0.25) is 0 Å². The molecule has 0 aliphatic heterocycles. The Morgan fingerprint density at radius 1 is 0.490 bits per heavy atom. The zero-order chi connectivity index (χ0) is 31.8. The van der Waals surface area contributed by atoms with Crippen molar-refractivity contribution in [3.05, 3.63) is 139 Å². The molecule has 0 amide bonds. The largest absolute Gasteiger partial charge is 0.456 e. The van der Waals surface area contributed by atoms with E-state index in [-0.39, 0.29) is 5.41 Å². The number of para-hydroxylation sites is 1. The molecule has 2 nitrogen and oxygen atoms in total. The molecule has 4 saturated carbocycles. The average molecular weight is 650 g/mol. The standard InChI is InChI=1S/C46H35NOS/c1-4-10-40-34(7-1)38-24-31(14-17-41(38)46(40)29-20-27-19-28(22-29)23-30(46)21-27)47(32-15-18-45-39(25-32)37-9-3-6-12-44(37)49-45)33-13-16-36-35-8-2-5-11-42(35)48-43(36)26-33/h1-18,24-30H,19-23H2. The zero-order valence-corrected chi connectivity index (χ0v) is 28.0. The van der Waals surface area contributed by atoms with Gasteiger partial charge in [-0.15, -0.1) is 11.3 Å². The molecule has 6 aromatic carbocycles. The van der Waals surface area contributed by atoms with E-state index in [0.29, 0.717) is 0 Å². The predicted octanol–water partition coefficient (Wildman–Crippen LogP) is 13.1. The van der Waals surface area contributed by atoms with Crippen LogP contribution in [0.25, 0.3) is 53.2 Å². The third kappa shape index (κ3) is 3.56. The van der Waals surface area contributed by atoms with E-state index in [0.717, 1.165) is 51.3 Å². The minimum absolute atomic E-state index is 0.171. The lowest BCUT2D eigenvalue weighted by Crippen LogP contribution is -2.55. The molecule has 13 rings (SSSR count). The number of hydrogen-bond acceptors (Lipinski definition) is 3. The molecule has 0 N–H and O–H groups in total. The van der Waals surface area contributed by atoms with Crippen molar-refractivity contribution in [3.63, 3.8) is 0 Å². The monoisotopic (exact) mass is 649 g/mol. The summed E-state index contributed by atoms with van der Waals surface area (Å²) in [5.41, 5.74) is 11.6. The molecule has 4 fully saturated rings. The number of furan rings is 1. The van der Waals surface area contributed by atoms with Crippen molar-refractivity contribution in [2.75, 3.05) is 4.90 Å². The molecule has 5 aliphatic rings. The normalized spacial score (nSPS) is 24.8. The van der Waals surface area contributed by atoms with Gasteiger partial charge in [0.2, 0.25) is 0 Å². The SMILES string of the molecule is c1ccc2c(c1)-c1cc(N(c3ccc4c(c3)oc3ccccc34)c3ccc4sc5ccccc5c4c3)ccc1C21C2CC3CC(C2)CC1C3. The van der Waals surface area contributed by atoms with Crippen LogP contribution in [0.15, 0.2) is 132 Å². The molecular formula is C46H35NOS. The lowest BCUT2D eigenvalue weighted by molar-refractivity contribution is -0.0399. The van der Waals surface area contributed by atoms with Crippen LogP contribution in [0.3, 0.4) is 0 Å². The first-order chi connectivity index (χ1) is 24.2. The Morgan fingerprint density at radius 2 is 1.12 bits per heavy atom. The Kier molecular flexibility index (Phi) is 5.32. The van der Waals surface area contributed by atoms with Crippen LogP contribution in [0, 0.1) is 23.7 Å². The molecule has 2 heterocycles. The summed E-state index contributed by atoms with van der Waals surface area (Å²) in [5, 5.41) is 4.96. The summed E-state index contributed by atoms with van der Waals surface area (Å²) in [5.74, 6) is 3.40. The van der Waals surface area contributed by atoms with Crippen LogP contribution >= 0.6 is 11.3 Å².